The highest BCUT2D eigenvalue weighted by Gasteiger charge is 2.36. The van der Waals surface area contributed by atoms with Crippen LogP contribution in [0.15, 0.2) is 24.3 Å². The average molecular weight is 266 g/mol. The lowest BCUT2D eigenvalue weighted by Crippen LogP contribution is -2.52. The zero-order chi connectivity index (χ0) is 12.5. The number of hydrogen-bond acceptors (Lipinski definition) is 2. The molecule has 0 amide bonds. The Bertz CT molecular complexity index is 411. The number of halogens is 1. The van der Waals surface area contributed by atoms with Crippen LogP contribution in [0.1, 0.15) is 37.2 Å². The van der Waals surface area contributed by atoms with E-state index in [9.17, 15) is 0 Å². The van der Waals surface area contributed by atoms with E-state index in [0.717, 1.165) is 5.02 Å². The summed E-state index contributed by atoms with van der Waals surface area (Å²) >= 11 is 6.22. The summed E-state index contributed by atoms with van der Waals surface area (Å²) in [4.78, 5) is 0. The molecule has 0 aliphatic heterocycles. The van der Waals surface area contributed by atoms with Crippen LogP contribution in [0.3, 0.4) is 0 Å². The summed E-state index contributed by atoms with van der Waals surface area (Å²) in [5.74, 6) is 0.648. The van der Waals surface area contributed by atoms with Crippen molar-refractivity contribution in [2.24, 2.45) is 0 Å². The fourth-order valence-corrected chi connectivity index (χ4v) is 3.33. The van der Waals surface area contributed by atoms with Gasteiger partial charge in [-0.2, -0.15) is 0 Å². The monoisotopic (exact) mass is 265 g/mol. The summed E-state index contributed by atoms with van der Waals surface area (Å²) in [6.07, 6.45) is 5.27. The highest BCUT2D eigenvalue weighted by Crippen LogP contribution is 2.40. The van der Waals surface area contributed by atoms with Gasteiger partial charge in [0, 0.05) is 24.2 Å². The van der Waals surface area contributed by atoms with Crippen molar-refractivity contribution < 1.29 is 4.74 Å². The molecule has 0 unspecified atom stereocenters. The lowest BCUT2D eigenvalue weighted by atomic mass is 9.74. The molecule has 2 fully saturated rings. The van der Waals surface area contributed by atoms with Crippen molar-refractivity contribution in [3.05, 3.63) is 34.9 Å². The Hall–Kier alpha value is -0.570. The van der Waals surface area contributed by atoms with Crippen molar-refractivity contribution in [2.45, 2.75) is 49.8 Å². The quantitative estimate of drug-likeness (QED) is 0.901. The third-order valence-corrected chi connectivity index (χ3v) is 4.73. The predicted molar refractivity (Wildman–Crippen MR) is 74.2 cm³/mol. The molecule has 2 nitrogen and oxygen atoms in total. The molecule has 3 rings (SSSR count). The Kier molecular flexibility index (Phi) is 3.60. The summed E-state index contributed by atoms with van der Waals surface area (Å²) in [7, 11) is 1.80. The Morgan fingerprint density at radius 1 is 1.11 bits per heavy atom. The van der Waals surface area contributed by atoms with E-state index in [1.54, 1.807) is 7.11 Å². The molecule has 18 heavy (non-hydrogen) atoms. The van der Waals surface area contributed by atoms with Gasteiger partial charge in [0.1, 0.15) is 0 Å². The largest absolute Gasteiger partial charge is 0.381 e. The van der Waals surface area contributed by atoms with Gasteiger partial charge in [-0.15, -0.1) is 0 Å². The van der Waals surface area contributed by atoms with Crippen LogP contribution in [-0.4, -0.2) is 25.3 Å². The van der Waals surface area contributed by atoms with Gasteiger partial charge in [-0.05, 0) is 43.2 Å². The van der Waals surface area contributed by atoms with Gasteiger partial charge in [0.25, 0.3) is 0 Å². The molecule has 0 bridgehead atoms. The van der Waals surface area contributed by atoms with E-state index >= 15 is 0 Å². The number of rotatable bonds is 4. The minimum Gasteiger partial charge on any atom is -0.381 e. The molecule has 0 atom stereocenters. The Morgan fingerprint density at radius 2 is 1.78 bits per heavy atom. The molecule has 0 heterocycles. The number of methoxy groups -OCH3 is 1. The summed E-state index contributed by atoms with van der Waals surface area (Å²) in [6, 6.07) is 9.58. The first-order valence-electron chi connectivity index (χ1n) is 6.79. The summed E-state index contributed by atoms with van der Waals surface area (Å²) in [5.41, 5.74) is 1.32. The second-order valence-electron chi connectivity index (χ2n) is 5.58. The molecule has 3 heteroatoms. The first-order valence-corrected chi connectivity index (χ1v) is 7.17. The number of nitrogens with one attached hydrogen (secondary N) is 1. The fraction of sp³-hybridized carbons (Fsp3) is 0.600. The summed E-state index contributed by atoms with van der Waals surface area (Å²) in [6.45, 7) is 0. The molecule has 0 saturated heterocycles. The molecule has 0 aromatic heterocycles. The van der Waals surface area contributed by atoms with Crippen LogP contribution in [-0.2, 0) is 4.74 Å². The van der Waals surface area contributed by atoms with Crippen molar-refractivity contribution >= 4 is 11.6 Å². The van der Waals surface area contributed by atoms with E-state index in [4.69, 9.17) is 16.3 Å². The van der Waals surface area contributed by atoms with Gasteiger partial charge in [0.15, 0.2) is 0 Å². The van der Waals surface area contributed by atoms with Gasteiger partial charge in [0.05, 0.1) is 6.10 Å². The van der Waals surface area contributed by atoms with Crippen molar-refractivity contribution in [3.8, 4) is 0 Å². The Labute approximate surface area is 114 Å². The van der Waals surface area contributed by atoms with Crippen molar-refractivity contribution in [1.82, 2.24) is 5.32 Å². The zero-order valence-electron chi connectivity index (χ0n) is 10.7. The highest BCUT2D eigenvalue weighted by atomic mass is 35.5. The molecule has 1 N–H and O–H groups in total. The van der Waals surface area contributed by atoms with Gasteiger partial charge in [-0.1, -0.05) is 29.8 Å². The first-order chi connectivity index (χ1) is 8.76. The zero-order valence-corrected chi connectivity index (χ0v) is 11.5. The molecule has 0 radical (unpaired) electrons. The number of hydrogen-bond donors (Lipinski definition) is 1. The molecule has 98 valence electrons. The minimum absolute atomic E-state index is 0.488. The molecule has 2 aliphatic rings. The third-order valence-electron chi connectivity index (χ3n) is 4.38. The minimum atomic E-state index is 0.488. The van der Waals surface area contributed by atoms with E-state index < -0.39 is 0 Å². The van der Waals surface area contributed by atoms with Crippen LogP contribution in [0.4, 0.5) is 0 Å². The molecule has 0 spiro atoms. The second-order valence-corrected chi connectivity index (χ2v) is 5.99. The third kappa shape index (κ3) is 2.42. The lowest BCUT2D eigenvalue weighted by Gasteiger charge is -2.43. The molecule has 1 aromatic rings. The van der Waals surface area contributed by atoms with Gasteiger partial charge in [-0.3, -0.25) is 0 Å². The predicted octanol–water partition coefficient (Wildman–Crippen LogP) is 3.35. The smallest absolute Gasteiger partial charge is 0.0601 e. The van der Waals surface area contributed by atoms with E-state index in [1.807, 2.05) is 12.1 Å². The number of ether oxygens (including phenoxy) is 1. The van der Waals surface area contributed by atoms with Crippen LogP contribution in [0.5, 0.6) is 0 Å². The van der Waals surface area contributed by atoms with Gasteiger partial charge >= 0.3 is 0 Å². The summed E-state index contributed by atoms with van der Waals surface area (Å²) < 4.78 is 5.30. The van der Waals surface area contributed by atoms with Crippen LogP contribution < -0.4 is 5.32 Å². The topological polar surface area (TPSA) is 21.3 Å². The Balaban J connectivity index is 1.45. The van der Waals surface area contributed by atoms with Crippen LogP contribution >= 0.6 is 11.6 Å². The maximum Gasteiger partial charge on any atom is 0.0601 e. The molecule has 2 aliphatic carbocycles. The second kappa shape index (κ2) is 5.20. The maximum atomic E-state index is 6.22. The lowest BCUT2D eigenvalue weighted by molar-refractivity contribution is 0.00999. The molecule has 2 saturated carbocycles. The standard InChI is InChI=1S/C15H20ClNO/c1-18-13-8-12(9-13)17-11-6-10(7-11)14-4-2-3-5-15(14)16/h2-5,10-13,17H,6-9H2,1H3. The normalized spacial score (nSPS) is 34.8. The van der Waals surface area contributed by atoms with Gasteiger partial charge < -0.3 is 10.1 Å². The average Bonchev–Trinajstić information content (AvgIpc) is 2.27. The molecule has 1 aromatic carbocycles. The van der Waals surface area contributed by atoms with E-state index in [0.29, 0.717) is 24.1 Å². The van der Waals surface area contributed by atoms with Crippen molar-refractivity contribution in [3.63, 3.8) is 0 Å². The van der Waals surface area contributed by atoms with E-state index in [-0.39, 0.29) is 0 Å². The molecular weight excluding hydrogens is 246 g/mol. The molecular formula is C15H20ClNO. The SMILES string of the molecule is COC1CC(NC2CC(c3ccccc3Cl)C2)C1. The number of benzene rings is 1. The maximum absolute atomic E-state index is 6.22. The van der Waals surface area contributed by atoms with E-state index in [1.165, 1.54) is 31.2 Å². The fourth-order valence-electron chi connectivity index (χ4n) is 3.04. The van der Waals surface area contributed by atoms with Crippen LogP contribution in [0.2, 0.25) is 5.02 Å². The van der Waals surface area contributed by atoms with Crippen molar-refractivity contribution in [2.75, 3.05) is 7.11 Å². The highest BCUT2D eigenvalue weighted by molar-refractivity contribution is 6.31. The van der Waals surface area contributed by atoms with Gasteiger partial charge in [-0.25, -0.2) is 0 Å². The summed E-state index contributed by atoms with van der Waals surface area (Å²) in [5, 5.41) is 4.63. The van der Waals surface area contributed by atoms with Crippen molar-refractivity contribution in [1.29, 1.82) is 0 Å². The first kappa shape index (κ1) is 12.5. The van der Waals surface area contributed by atoms with Gasteiger partial charge in [0.2, 0.25) is 0 Å². The van der Waals surface area contributed by atoms with Crippen LogP contribution in [0, 0.1) is 0 Å². The Morgan fingerprint density at radius 3 is 2.44 bits per heavy atom. The van der Waals surface area contributed by atoms with Crippen LogP contribution in [0.25, 0.3) is 0 Å². The van der Waals surface area contributed by atoms with E-state index in [2.05, 4.69) is 17.4 Å².